The Morgan fingerprint density at radius 3 is 2.60 bits per heavy atom. The minimum Gasteiger partial charge on any atom is -0.271 e. The predicted molar refractivity (Wildman–Crippen MR) is 103 cm³/mol. The van der Waals surface area contributed by atoms with E-state index in [1.807, 2.05) is 17.5 Å². The Morgan fingerprint density at radius 2 is 2.00 bits per heavy atom. The fraction of sp³-hybridized carbons (Fsp3) is 0.200. The van der Waals surface area contributed by atoms with Crippen molar-refractivity contribution in [1.82, 2.24) is 5.43 Å². The molecule has 0 radical (unpaired) electrons. The van der Waals surface area contributed by atoms with Crippen LogP contribution in [0, 0.1) is 0 Å². The zero-order chi connectivity index (χ0) is 18.6. The number of nitrogens with zero attached hydrogens (tertiary/aromatic N) is 2. The number of rotatable bonds is 6. The molecule has 0 fully saturated rings. The second-order valence-electron chi connectivity index (χ2n) is 5.05. The first-order valence-corrected chi connectivity index (χ1v) is 10.5. The van der Waals surface area contributed by atoms with E-state index in [0.717, 1.165) is 15.4 Å². The number of anilines is 1. The molecule has 134 valence electrons. The summed E-state index contributed by atoms with van der Waals surface area (Å²) < 4.78 is 25.0. The number of nitrogens with one attached hydrogen (secondary N) is 1. The monoisotopic (exact) mass is 419 g/mol. The SMILES string of the molecule is C/C(=N/NC(=O)CN(c1cccc(Cl)c1Cl)S(C)(=O)=O)c1cccs1. The molecular weight excluding hydrogens is 405 g/mol. The zero-order valence-electron chi connectivity index (χ0n) is 13.4. The van der Waals surface area contributed by atoms with Gasteiger partial charge in [-0.2, -0.15) is 5.10 Å². The molecule has 2 aromatic rings. The smallest absolute Gasteiger partial charge is 0.260 e. The van der Waals surface area contributed by atoms with Crippen LogP contribution in [0.1, 0.15) is 11.8 Å². The van der Waals surface area contributed by atoms with Gasteiger partial charge in [0.1, 0.15) is 6.54 Å². The number of thiophene rings is 1. The highest BCUT2D eigenvalue weighted by Crippen LogP contribution is 2.33. The maximum atomic E-state index is 12.1. The molecule has 0 aliphatic rings. The molecule has 0 aliphatic carbocycles. The first kappa shape index (κ1) is 19.7. The molecular formula is C15H15Cl2N3O3S2. The average Bonchev–Trinajstić information content (AvgIpc) is 3.07. The van der Waals surface area contributed by atoms with E-state index in [-0.39, 0.29) is 15.7 Å². The van der Waals surface area contributed by atoms with Crippen LogP contribution in [0.25, 0.3) is 0 Å². The van der Waals surface area contributed by atoms with Gasteiger partial charge in [0.25, 0.3) is 5.91 Å². The lowest BCUT2D eigenvalue weighted by molar-refractivity contribution is -0.119. The van der Waals surface area contributed by atoms with Crippen molar-refractivity contribution >= 4 is 61.9 Å². The Balaban J connectivity index is 2.19. The number of carbonyl (C=O) groups excluding carboxylic acids is 1. The van der Waals surface area contributed by atoms with Gasteiger partial charge in [0, 0.05) is 4.88 Å². The Bertz CT molecular complexity index is 897. The van der Waals surface area contributed by atoms with E-state index in [1.54, 1.807) is 13.0 Å². The number of amides is 1. The summed E-state index contributed by atoms with van der Waals surface area (Å²) in [6.07, 6.45) is 0.984. The number of hydrogen-bond acceptors (Lipinski definition) is 5. The van der Waals surface area contributed by atoms with E-state index >= 15 is 0 Å². The van der Waals surface area contributed by atoms with Crippen molar-refractivity contribution < 1.29 is 13.2 Å². The third-order valence-electron chi connectivity index (χ3n) is 3.11. The van der Waals surface area contributed by atoms with Gasteiger partial charge >= 0.3 is 0 Å². The van der Waals surface area contributed by atoms with Gasteiger partial charge in [-0.15, -0.1) is 11.3 Å². The van der Waals surface area contributed by atoms with Gasteiger partial charge in [0.15, 0.2) is 0 Å². The maximum Gasteiger partial charge on any atom is 0.260 e. The summed E-state index contributed by atoms with van der Waals surface area (Å²) in [5.74, 6) is -0.600. The normalized spacial score (nSPS) is 12.1. The van der Waals surface area contributed by atoms with Crippen LogP contribution < -0.4 is 9.73 Å². The molecule has 1 aromatic carbocycles. The van der Waals surface area contributed by atoms with Crippen LogP contribution >= 0.6 is 34.5 Å². The van der Waals surface area contributed by atoms with E-state index in [9.17, 15) is 13.2 Å². The second kappa shape index (κ2) is 8.18. The minimum atomic E-state index is -3.75. The molecule has 0 saturated carbocycles. The first-order valence-electron chi connectivity index (χ1n) is 6.99. The number of carbonyl (C=O) groups is 1. The highest BCUT2D eigenvalue weighted by molar-refractivity contribution is 7.92. The standard InChI is InChI=1S/C15H15Cl2N3O3S2/c1-10(13-7-4-8-24-13)18-19-14(21)9-20(25(2,22)23)12-6-3-5-11(16)15(12)17/h3-8H,9H2,1-2H3,(H,19,21)/b18-10-. The van der Waals surface area contributed by atoms with Crippen molar-refractivity contribution in [2.75, 3.05) is 17.1 Å². The van der Waals surface area contributed by atoms with Gasteiger partial charge in [0.05, 0.1) is 27.7 Å². The van der Waals surface area contributed by atoms with E-state index < -0.39 is 22.5 Å². The van der Waals surface area contributed by atoms with E-state index in [2.05, 4.69) is 10.5 Å². The lowest BCUT2D eigenvalue weighted by atomic mass is 10.3. The van der Waals surface area contributed by atoms with Gasteiger partial charge in [-0.3, -0.25) is 9.10 Å². The molecule has 0 atom stereocenters. The minimum absolute atomic E-state index is 0.0562. The lowest BCUT2D eigenvalue weighted by Gasteiger charge is -2.22. The maximum absolute atomic E-state index is 12.1. The van der Waals surface area contributed by atoms with Crippen LogP contribution in [-0.4, -0.2) is 32.8 Å². The van der Waals surface area contributed by atoms with Crippen molar-refractivity contribution in [3.8, 4) is 0 Å². The molecule has 1 N–H and O–H groups in total. The summed E-state index contributed by atoms with van der Waals surface area (Å²) in [4.78, 5) is 13.0. The van der Waals surface area contributed by atoms with E-state index in [4.69, 9.17) is 23.2 Å². The zero-order valence-corrected chi connectivity index (χ0v) is 16.5. The quantitative estimate of drug-likeness (QED) is 0.575. The molecule has 0 unspecified atom stereocenters. The summed E-state index contributed by atoms with van der Waals surface area (Å²) in [5.41, 5.74) is 3.10. The Kier molecular flexibility index (Phi) is 6.45. The van der Waals surface area contributed by atoms with Crippen molar-refractivity contribution in [3.05, 3.63) is 50.6 Å². The molecule has 2 rings (SSSR count). The van der Waals surface area contributed by atoms with Crippen LogP contribution in [0.2, 0.25) is 10.0 Å². The number of benzene rings is 1. The van der Waals surface area contributed by atoms with Crippen LogP contribution in [-0.2, 0) is 14.8 Å². The number of hydrazone groups is 1. The Hall–Kier alpha value is -1.61. The molecule has 1 amide bonds. The van der Waals surface area contributed by atoms with Gasteiger partial charge in [-0.05, 0) is 30.5 Å². The molecule has 0 spiro atoms. The molecule has 1 aromatic heterocycles. The highest BCUT2D eigenvalue weighted by atomic mass is 35.5. The van der Waals surface area contributed by atoms with Gasteiger partial charge < -0.3 is 0 Å². The summed E-state index contributed by atoms with van der Waals surface area (Å²) in [6.45, 7) is 1.27. The van der Waals surface area contributed by atoms with E-state index in [1.165, 1.54) is 23.5 Å². The largest absolute Gasteiger partial charge is 0.271 e. The third kappa shape index (κ3) is 5.18. The van der Waals surface area contributed by atoms with Crippen LogP contribution in [0.3, 0.4) is 0 Å². The summed E-state index contributed by atoms with van der Waals surface area (Å²) >= 11 is 13.5. The fourth-order valence-electron chi connectivity index (χ4n) is 1.92. The molecule has 0 aliphatic heterocycles. The van der Waals surface area contributed by atoms with Gasteiger partial charge in [-0.25, -0.2) is 13.8 Å². The number of halogens is 2. The lowest BCUT2D eigenvalue weighted by Crippen LogP contribution is -2.39. The van der Waals surface area contributed by atoms with Gasteiger partial charge in [-0.1, -0.05) is 35.3 Å². The topological polar surface area (TPSA) is 78.8 Å². The molecule has 6 nitrogen and oxygen atoms in total. The van der Waals surface area contributed by atoms with Crippen molar-refractivity contribution in [1.29, 1.82) is 0 Å². The molecule has 1 heterocycles. The second-order valence-corrected chi connectivity index (χ2v) is 8.69. The predicted octanol–water partition coefficient (Wildman–Crippen LogP) is 3.36. The van der Waals surface area contributed by atoms with Crippen LogP contribution in [0.15, 0.2) is 40.8 Å². The summed E-state index contributed by atoms with van der Waals surface area (Å²) in [6, 6.07) is 8.29. The average molecular weight is 420 g/mol. The number of sulfonamides is 1. The molecule has 0 saturated heterocycles. The molecule has 0 bridgehead atoms. The summed E-state index contributed by atoms with van der Waals surface area (Å²) in [5, 5.41) is 6.12. The van der Waals surface area contributed by atoms with Crippen LogP contribution in [0.4, 0.5) is 5.69 Å². The Labute approximate surface area is 160 Å². The van der Waals surface area contributed by atoms with Crippen molar-refractivity contribution in [2.45, 2.75) is 6.92 Å². The fourth-order valence-corrected chi connectivity index (χ4v) is 3.90. The highest BCUT2D eigenvalue weighted by Gasteiger charge is 2.23. The first-order chi connectivity index (χ1) is 11.7. The Morgan fingerprint density at radius 1 is 1.28 bits per heavy atom. The third-order valence-corrected chi connectivity index (χ3v) is 6.03. The van der Waals surface area contributed by atoms with E-state index in [0.29, 0.717) is 5.71 Å². The molecule has 25 heavy (non-hydrogen) atoms. The van der Waals surface area contributed by atoms with Crippen molar-refractivity contribution in [3.63, 3.8) is 0 Å². The molecule has 10 heteroatoms. The van der Waals surface area contributed by atoms with Crippen molar-refractivity contribution in [2.24, 2.45) is 5.10 Å². The summed E-state index contributed by atoms with van der Waals surface area (Å²) in [7, 11) is -3.75. The number of hydrogen-bond donors (Lipinski definition) is 1. The van der Waals surface area contributed by atoms with Gasteiger partial charge in [0.2, 0.25) is 10.0 Å². The van der Waals surface area contributed by atoms with Crippen LogP contribution in [0.5, 0.6) is 0 Å².